The largest absolute Gasteiger partial charge is 0.495 e. The second-order valence-corrected chi connectivity index (χ2v) is 7.17. The van der Waals surface area contributed by atoms with Gasteiger partial charge in [-0.25, -0.2) is 9.97 Å². The first kappa shape index (κ1) is 17.6. The van der Waals surface area contributed by atoms with Crippen molar-refractivity contribution in [2.45, 2.75) is 0 Å². The van der Waals surface area contributed by atoms with Crippen molar-refractivity contribution in [3.63, 3.8) is 0 Å². The standard InChI is InChI=1S/C20H16ClN3O2S/c1-25-16-10-15(17(26-2)9-14(16)21)24-19-13-8-18(12-6-4-3-5-7-12)27-20(13)23-11-22-19/h3-11H,1-2H3,(H,22,23,24). The van der Waals surface area contributed by atoms with E-state index in [1.54, 1.807) is 44.0 Å². The van der Waals surface area contributed by atoms with Gasteiger partial charge in [-0.15, -0.1) is 11.3 Å². The van der Waals surface area contributed by atoms with E-state index >= 15 is 0 Å². The Hall–Kier alpha value is -2.83. The maximum atomic E-state index is 6.19. The number of methoxy groups -OCH3 is 2. The number of nitrogens with zero attached hydrogens (tertiary/aromatic N) is 2. The Kier molecular flexibility index (Phi) is 4.83. The van der Waals surface area contributed by atoms with Crippen LogP contribution in [0.25, 0.3) is 20.7 Å². The topological polar surface area (TPSA) is 56.3 Å². The molecule has 0 saturated carbocycles. The number of thiophene rings is 1. The van der Waals surface area contributed by atoms with Gasteiger partial charge in [-0.05, 0) is 11.6 Å². The van der Waals surface area contributed by atoms with Crippen molar-refractivity contribution in [3.05, 3.63) is 59.9 Å². The van der Waals surface area contributed by atoms with Crippen molar-refractivity contribution in [3.8, 4) is 21.9 Å². The molecular weight excluding hydrogens is 382 g/mol. The molecule has 0 spiro atoms. The molecule has 0 bridgehead atoms. The van der Waals surface area contributed by atoms with Gasteiger partial charge in [0.2, 0.25) is 0 Å². The van der Waals surface area contributed by atoms with Crippen molar-refractivity contribution in [2.24, 2.45) is 0 Å². The van der Waals surface area contributed by atoms with Crippen LogP contribution in [0, 0.1) is 0 Å². The van der Waals surface area contributed by atoms with Crippen LogP contribution in [0.1, 0.15) is 0 Å². The fraction of sp³-hybridized carbons (Fsp3) is 0.100. The van der Waals surface area contributed by atoms with E-state index in [0.717, 1.165) is 20.7 Å². The van der Waals surface area contributed by atoms with Crippen molar-refractivity contribution >= 4 is 44.7 Å². The van der Waals surface area contributed by atoms with Crippen LogP contribution in [-0.4, -0.2) is 24.2 Å². The lowest BCUT2D eigenvalue weighted by atomic mass is 10.2. The normalized spacial score (nSPS) is 10.8. The third kappa shape index (κ3) is 3.41. The molecule has 2 aromatic carbocycles. The molecule has 136 valence electrons. The number of anilines is 2. The van der Waals surface area contributed by atoms with Gasteiger partial charge in [0.1, 0.15) is 28.5 Å². The molecule has 0 aliphatic heterocycles. The molecule has 4 rings (SSSR count). The van der Waals surface area contributed by atoms with Gasteiger partial charge in [0.25, 0.3) is 0 Å². The Morgan fingerprint density at radius 1 is 0.963 bits per heavy atom. The van der Waals surface area contributed by atoms with Crippen molar-refractivity contribution in [2.75, 3.05) is 19.5 Å². The fourth-order valence-corrected chi connectivity index (χ4v) is 4.02. The minimum absolute atomic E-state index is 0.481. The Labute approximate surface area is 165 Å². The average molecular weight is 398 g/mol. The lowest BCUT2D eigenvalue weighted by Crippen LogP contribution is -1.98. The van der Waals surface area contributed by atoms with E-state index < -0.39 is 0 Å². The molecule has 5 nitrogen and oxygen atoms in total. The van der Waals surface area contributed by atoms with E-state index in [-0.39, 0.29) is 0 Å². The number of aromatic nitrogens is 2. The zero-order valence-corrected chi connectivity index (χ0v) is 16.3. The maximum absolute atomic E-state index is 6.19. The molecule has 7 heteroatoms. The Balaban J connectivity index is 1.78. The molecule has 0 unspecified atom stereocenters. The number of rotatable bonds is 5. The van der Waals surface area contributed by atoms with Crippen LogP contribution < -0.4 is 14.8 Å². The molecule has 2 heterocycles. The van der Waals surface area contributed by atoms with Gasteiger partial charge in [0.15, 0.2) is 0 Å². The lowest BCUT2D eigenvalue weighted by molar-refractivity contribution is 0.405. The van der Waals surface area contributed by atoms with E-state index in [0.29, 0.717) is 28.0 Å². The van der Waals surface area contributed by atoms with Crippen LogP contribution in [0.3, 0.4) is 0 Å². The van der Waals surface area contributed by atoms with Crippen molar-refractivity contribution in [1.29, 1.82) is 0 Å². The highest BCUT2D eigenvalue weighted by Crippen LogP contribution is 2.40. The number of hydrogen-bond acceptors (Lipinski definition) is 6. The second-order valence-electron chi connectivity index (χ2n) is 5.73. The number of fused-ring (bicyclic) bond motifs is 1. The zero-order chi connectivity index (χ0) is 18.8. The van der Waals surface area contributed by atoms with Gasteiger partial charge in [-0.3, -0.25) is 0 Å². The molecule has 1 N–H and O–H groups in total. The molecule has 0 saturated heterocycles. The summed E-state index contributed by atoms with van der Waals surface area (Å²) in [5.41, 5.74) is 1.86. The molecule has 0 aliphatic carbocycles. The molecule has 0 radical (unpaired) electrons. The SMILES string of the molecule is COc1cc(Nc2ncnc3sc(-c4ccccc4)cc23)c(OC)cc1Cl. The zero-order valence-electron chi connectivity index (χ0n) is 14.7. The monoisotopic (exact) mass is 397 g/mol. The first-order valence-corrected chi connectivity index (χ1v) is 9.37. The van der Waals surface area contributed by atoms with Gasteiger partial charge in [0, 0.05) is 17.0 Å². The van der Waals surface area contributed by atoms with E-state index in [2.05, 4.69) is 33.5 Å². The van der Waals surface area contributed by atoms with Gasteiger partial charge in [-0.2, -0.15) is 0 Å². The number of halogens is 1. The van der Waals surface area contributed by atoms with Crippen LogP contribution in [0.4, 0.5) is 11.5 Å². The third-order valence-electron chi connectivity index (χ3n) is 4.11. The van der Waals surface area contributed by atoms with Crippen LogP contribution in [0.15, 0.2) is 54.9 Å². The molecule has 0 aliphatic rings. The van der Waals surface area contributed by atoms with Crippen molar-refractivity contribution < 1.29 is 9.47 Å². The highest BCUT2D eigenvalue weighted by molar-refractivity contribution is 7.21. The Bertz CT molecular complexity index is 1100. The van der Waals surface area contributed by atoms with Crippen LogP contribution >= 0.6 is 22.9 Å². The highest BCUT2D eigenvalue weighted by atomic mass is 35.5. The summed E-state index contributed by atoms with van der Waals surface area (Å²) in [5.74, 6) is 1.85. The summed E-state index contributed by atoms with van der Waals surface area (Å²) in [5, 5.41) is 4.75. The number of hydrogen-bond donors (Lipinski definition) is 1. The first-order chi connectivity index (χ1) is 13.2. The summed E-state index contributed by atoms with van der Waals surface area (Å²) in [6.45, 7) is 0. The minimum atomic E-state index is 0.481. The number of ether oxygens (including phenoxy) is 2. The Morgan fingerprint density at radius 2 is 1.74 bits per heavy atom. The van der Waals surface area contributed by atoms with Gasteiger partial charge in [-0.1, -0.05) is 41.9 Å². The fourth-order valence-electron chi connectivity index (χ4n) is 2.79. The first-order valence-electron chi connectivity index (χ1n) is 8.18. The molecule has 0 fully saturated rings. The number of benzene rings is 2. The molecule has 27 heavy (non-hydrogen) atoms. The molecule has 4 aromatic rings. The summed E-state index contributed by atoms with van der Waals surface area (Å²) >= 11 is 7.82. The second kappa shape index (κ2) is 7.42. The third-order valence-corrected chi connectivity index (χ3v) is 5.50. The summed E-state index contributed by atoms with van der Waals surface area (Å²) < 4.78 is 10.8. The van der Waals surface area contributed by atoms with Crippen LogP contribution in [-0.2, 0) is 0 Å². The van der Waals surface area contributed by atoms with Gasteiger partial charge >= 0.3 is 0 Å². The van der Waals surface area contributed by atoms with Crippen LogP contribution in [0.5, 0.6) is 11.5 Å². The Morgan fingerprint density at radius 3 is 2.48 bits per heavy atom. The number of nitrogens with one attached hydrogen (secondary N) is 1. The summed E-state index contributed by atoms with van der Waals surface area (Å²) in [6, 6.07) is 15.8. The predicted octanol–water partition coefficient (Wildman–Crippen LogP) is 5.77. The van der Waals surface area contributed by atoms with Crippen LogP contribution in [0.2, 0.25) is 5.02 Å². The molecule has 2 aromatic heterocycles. The maximum Gasteiger partial charge on any atom is 0.144 e. The molecule has 0 amide bonds. The van der Waals surface area contributed by atoms with E-state index in [1.807, 2.05) is 18.2 Å². The molecular formula is C20H16ClN3O2S. The molecule has 0 atom stereocenters. The summed E-state index contributed by atoms with van der Waals surface area (Å²) in [6.07, 6.45) is 1.55. The quantitative estimate of drug-likeness (QED) is 0.463. The predicted molar refractivity (Wildman–Crippen MR) is 111 cm³/mol. The average Bonchev–Trinajstić information content (AvgIpc) is 3.15. The smallest absolute Gasteiger partial charge is 0.144 e. The highest BCUT2D eigenvalue weighted by Gasteiger charge is 2.14. The van der Waals surface area contributed by atoms with E-state index in [4.69, 9.17) is 21.1 Å². The lowest BCUT2D eigenvalue weighted by Gasteiger charge is -2.13. The van der Waals surface area contributed by atoms with Gasteiger partial charge < -0.3 is 14.8 Å². The van der Waals surface area contributed by atoms with Crippen molar-refractivity contribution in [1.82, 2.24) is 9.97 Å². The van der Waals surface area contributed by atoms with Gasteiger partial charge in [0.05, 0.1) is 30.3 Å². The summed E-state index contributed by atoms with van der Waals surface area (Å²) in [7, 11) is 3.17. The summed E-state index contributed by atoms with van der Waals surface area (Å²) in [4.78, 5) is 10.9. The van der Waals surface area contributed by atoms with E-state index in [9.17, 15) is 0 Å². The van der Waals surface area contributed by atoms with E-state index in [1.165, 1.54) is 0 Å². The minimum Gasteiger partial charge on any atom is -0.495 e.